The van der Waals surface area contributed by atoms with Crippen molar-refractivity contribution in [1.82, 2.24) is 0 Å². The van der Waals surface area contributed by atoms with Crippen LogP contribution in [-0.4, -0.2) is 5.11 Å². The summed E-state index contributed by atoms with van der Waals surface area (Å²) in [7, 11) is 0. The molecular formula is C16H11FO3. The lowest BCUT2D eigenvalue weighted by molar-refractivity contribution is 0.472. The van der Waals surface area contributed by atoms with Gasteiger partial charge in [-0.25, -0.2) is 9.18 Å². The zero-order chi connectivity index (χ0) is 14.3. The highest BCUT2D eigenvalue weighted by atomic mass is 19.1. The highest BCUT2D eigenvalue weighted by Crippen LogP contribution is 2.32. The molecule has 100 valence electrons. The molecule has 0 fully saturated rings. The Hall–Kier alpha value is -2.62. The first-order valence-electron chi connectivity index (χ1n) is 6.08. The Balaban J connectivity index is 2.40. The SMILES string of the molecule is Cc1cc(O)cc2oc(=O)cc(-c3ccc(F)cc3)c12. The van der Waals surface area contributed by atoms with Crippen LogP contribution in [-0.2, 0) is 0 Å². The molecule has 0 radical (unpaired) electrons. The second-order valence-electron chi connectivity index (χ2n) is 4.62. The minimum atomic E-state index is -0.512. The van der Waals surface area contributed by atoms with E-state index in [-0.39, 0.29) is 11.6 Å². The van der Waals surface area contributed by atoms with Gasteiger partial charge in [0, 0.05) is 23.1 Å². The topological polar surface area (TPSA) is 50.4 Å². The Morgan fingerprint density at radius 2 is 1.80 bits per heavy atom. The van der Waals surface area contributed by atoms with Crippen molar-refractivity contribution < 1.29 is 13.9 Å². The van der Waals surface area contributed by atoms with Gasteiger partial charge in [0.25, 0.3) is 0 Å². The molecule has 1 aromatic heterocycles. The van der Waals surface area contributed by atoms with E-state index in [9.17, 15) is 14.3 Å². The van der Waals surface area contributed by atoms with Crippen molar-refractivity contribution in [3.63, 3.8) is 0 Å². The molecule has 0 saturated heterocycles. The van der Waals surface area contributed by atoms with E-state index in [4.69, 9.17) is 4.42 Å². The van der Waals surface area contributed by atoms with E-state index in [2.05, 4.69) is 0 Å². The summed E-state index contributed by atoms with van der Waals surface area (Å²) in [6.45, 7) is 1.81. The fourth-order valence-electron chi connectivity index (χ4n) is 2.35. The van der Waals surface area contributed by atoms with Gasteiger partial charge in [-0.3, -0.25) is 0 Å². The lowest BCUT2D eigenvalue weighted by Crippen LogP contribution is -1.99. The number of phenols is 1. The molecule has 1 N–H and O–H groups in total. The third kappa shape index (κ3) is 2.05. The molecule has 0 spiro atoms. The van der Waals surface area contributed by atoms with Crippen molar-refractivity contribution in [2.75, 3.05) is 0 Å². The predicted molar refractivity (Wildman–Crippen MR) is 74.3 cm³/mol. The molecule has 0 aliphatic heterocycles. The van der Waals surface area contributed by atoms with Crippen LogP contribution in [0.2, 0.25) is 0 Å². The van der Waals surface area contributed by atoms with Crippen molar-refractivity contribution in [3.05, 3.63) is 64.3 Å². The molecular weight excluding hydrogens is 259 g/mol. The van der Waals surface area contributed by atoms with Crippen LogP contribution in [0.4, 0.5) is 4.39 Å². The van der Waals surface area contributed by atoms with Gasteiger partial charge in [-0.2, -0.15) is 0 Å². The standard InChI is InChI=1S/C16H11FO3/c1-9-6-12(18)7-14-16(9)13(8-15(19)20-14)10-2-4-11(17)5-3-10/h2-8,18H,1H3. The van der Waals surface area contributed by atoms with E-state index in [1.807, 2.05) is 6.92 Å². The Morgan fingerprint density at radius 3 is 2.50 bits per heavy atom. The van der Waals surface area contributed by atoms with E-state index in [1.165, 1.54) is 24.3 Å². The fourth-order valence-corrected chi connectivity index (χ4v) is 2.35. The molecule has 0 saturated carbocycles. The maximum absolute atomic E-state index is 13.0. The van der Waals surface area contributed by atoms with Gasteiger partial charge < -0.3 is 9.52 Å². The maximum atomic E-state index is 13.0. The summed E-state index contributed by atoms with van der Waals surface area (Å²) < 4.78 is 18.1. The Morgan fingerprint density at radius 1 is 1.10 bits per heavy atom. The molecule has 0 atom stereocenters. The molecule has 0 unspecified atom stereocenters. The Labute approximate surface area is 113 Å². The number of rotatable bonds is 1. The third-order valence-electron chi connectivity index (χ3n) is 3.18. The molecule has 3 rings (SSSR count). The normalized spacial score (nSPS) is 10.9. The molecule has 0 bridgehead atoms. The first-order chi connectivity index (χ1) is 9.54. The van der Waals surface area contributed by atoms with Crippen LogP contribution in [0.25, 0.3) is 22.1 Å². The first-order valence-corrected chi connectivity index (χ1v) is 6.08. The molecule has 20 heavy (non-hydrogen) atoms. The monoisotopic (exact) mass is 270 g/mol. The summed E-state index contributed by atoms with van der Waals surface area (Å²) in [5.74, 6) is -0.301. The lowest BCUT2D eigenvalue weighted by atomic mass is 9.98. The van der Waals surface area contributed by atoms with Crippen LogP contribution in [0.5, 0.6) is 5.75 Å². The third-order valence-corrected chi connectivity index (χ3v) is 3.18. The smallest absolute Gasteiger partial charge is 0.336 e. The zero-order valence-electron chi connectivity index (χ0n) is 10.7. The van der Waals surface area contributed by atoms with Crippen molar-refractivity contribution in [3.8, 4) is 16.9 Å². The van der Waals surface area contributed by atoms with E-state index in [0.29, 0.717) is 11.1 Å². The number of aromatic hydroxyl groups is 1. The summed E-state index contributed by atoms with van der Waals surface area (Å²) in [6, 6.07) is 10.3. The van der Waals surface area contributed by atoms with Crippen molar-refractivity contribution in [2.24, 2.45) is 0 Å². The fraction of sp³-hybridized carbons (Fsp3) is 0.0625. The van der Waals surface area contributed by atoms with Gasteiger partial charge in [0.1, 0.15) is 17.1 Å². The van der Waals surface area contributed by atoms with Crippen molar-refractivity contribution in [1.29, 1.82) is 0 Å². The zero-order valence-corrected chi connectivity index (χ0v) is 10.7. The number of fused-ring (bicyclic) bond motifs is 1. The van der Waals surface area contributed by atoms with Gasteiger partial charge in [-0.1, -0.05) is 12.1 Å². The molecule has 3 nitrogen and oxygen atoms in total. The molecule has 2 aromatic carbocycles. The quantitative estimate of drug-likeness (QED) is 0.687. The second-order valence-corrected chi connectivity index (χ2v) is 4.62. The number of benzene rings is 2. The summed E-state index contributed by atoms with van der Waals surface area (Å²) >= 11 is 0. The van der Waals surface area contributed by atoms with Gasteiger partial charge >= 0.3 is 5.63 Å². The number of phenolic OH excluding ortho intramolecular Hbond substituents is 1. The maximum Gasteiger partial charge on any atom is 0.336 e. The van der Waals surface area contributed by atoms with E-state index >= 15 is 0 Å². The molecule has 3 aromatic rings. The van der Waals surface area contributed by atoms with Crippen molar-refractivity contribution >= 4 is 11.0 Å². The van der Waals surface area contributed by atoms with Crippen LogP contribution < -0.4 is 5.63 Å². The highest BCUT2D eigenvalue weighted by molar-refractivity contribution is 5.96. The van der Waals surface area contributed by atoms with Crippen LogP contribution >= 0.6 is 0 Å². The van der Waals surface area contributed by atoms with Gasteiger partial charge in [0.15, 0.2) is 0 Å². The van der Waals surface area contributed by atoms with Crippen LogP contribution in [0.1, 0.15) is 5.56 Å². The average molecular weight is 270 g/mol. The number of hydrogen-bond donors (Lipinski definition) is 1. The van der Waals surface area contributed by atoms with Gasteiger partial charge in [-0.15, -0.1) is 0 Å². The predicted octanol–water partition coefficient (Wildman–Crippen LogP) is 3.61. The van der Waals surface area contributed by atoms with Gasteiger partial charge in [-0.05, 0) is 36.2 Å². The average Bonchev–Trinajstić information content (AvgIpc) is 2.37. The number of halogens is 1. The highest BCUT2D eigenvalue weighted by Gasteiger charge is 2.11. The van der Waals surface area contributed by atoms with Crippen LogP contribution in [0, 0.1) is 12.7 Å². The van der Waals surface area contributed by atoms with Gasteiger partial charge in [0.05, 0.1) is 0 Å². The molecule has 0 amide bonds. The minimum absolute atomic E-state index is 0.0365. The van der Waals surface area contributed by atoms with E-state index in [0.717, 1.165) is 16.5 Å². The molecule has 0 aliphatic rings. The van der Waals surface area contributed by atoms with Crippen LogP contribution in [0.15, 0.2) is 51.7 Å². The number of hydrogen-bond acceptors (Lipinski definition) is 3. The van der Waals surface area contributed by atoms with Gasteiger partial charge in [0.2, 0.25) is 0 Å². The summed E-state index contributed by atoms with van der Waals surface area (Å²) in [5, 5.41) is 10.3. The summed E-state index contributed by atoms with van der Waals surface area (Å²) in [4.78, 5) is 11.6. The molecule has 4 heteroatoms. The first kappa shape index (κ1) is 12.4. The minimum Gasteiger partial charge on any atom is -0.508 e. The van der Waals surface area contributed by atoms with Crippen molar-refractivity contribution in [2.45, 2.75) is 6.92 Å². The summed E-state index contributed by atoms with van der Waals surface area (Å²) in [6.07, 6.45) is 0. The lowest BCUT2D eigenvalue weighted by Gasteiger charge is -2.09. The Kier molecular flexibility index (Phi) is 2.79. The van der Waals surface area contributed by atoms with Crippen LogP contribution in [0.3, 0.4) is 0 Å². The van der Waals surface area contributed by atoms with E-state index < -0.39 is 5.63 Å². The Bertz CT molecular complexity index is 848. The molecule has 0 aliphatic carbocycles. The largest absolute Gasteiger partial charge is 0.508 e. The number of aryl methyl sites for hydroxylation is 1. The molecule has 1 heterocycles. The second kappa shape index (κ2) is 4.49. The van der Waals surface area contributed by atoms with E-state index in [1.54, 1.807) is 18.2 Å². The summed E-state index contributed by atoms with van der Waals surface area (Å²) in [5.41, 5.74) is 1.96.